The molecule has 0 spiro atoms. The van der Waals surface area contributed by atoms with Crippen molar-refractivity contribution in [2.45, 2.75) is 19.8 Å². The Balaban J connectivity index is 0.00000392. The topological polar surface area (TPSA) is 83.0 Å². The van der Waals surface area contributed by atoms with Crippen LogP contribution in [-0.4, -0.2) is 62.6 Å². The van der Waals surface area contributed by atoms with Crippen molar-refractivity contribution in [3.63, 3.8) is 0 Å². The van der Waals surface area contributed by atoms with Gasteiger partial charge in [-0.1, -0.05) is 22.0 Å². The van der Waals surface area contributed by atoms with Crippen LogP contribution in [0.15, 0.2) is 33.7 Å². The Bertz CT molecular complexity index is 679. The van der Waals surface area contributed by atoms with E-state index in [1.54, 1.807) is 12.1 Å². The van der Waals surface area contributed by atoms with Crippen LogP contribution in [0.4, 0.5) is 0 Å². The van der Waals surface area contributed by atoms with Crippen LogP contribution >= 0.6 is 39.9 Å². The van der Waals surface area contributed by atoms with Crippen molar-refractivity contribution in [3.8, 4) is 0 Å². The van der Waals surface area contributed by atoms with Gasteiger partial charge in [0.15, 0.2) is 5.96 Å². The van der Waals surface area contributed by atoms with Crippen molar-refractivity contribution in [1.82, 2.24) is 15.5 Å². The number of benzene rings is 1. The Morgan fingerprint density at radius 1 is 1.29 bits per heavy atom. The van der Waals surface area contributed by atoms with Gasteiger partial charge in [-0.2, -0.15) is 0 Å². The minimum Gasteiger partial charge on any atom is -0.469 e. The zero-order valence-electron chi connectivity index (χ0n) is 16.2. The number of halogens is 2. The lowest BCUT2D eigenvalue weighted by atomic mass is 9.97. The van der Waals surface area contributed by atoms with Gasteiger partial charge in [-0.15, -0.1) is 24.0 Å². The number of ether oxygens (including phenoxy) is 1. The van der Waals surface area contributed by atoms with Gasteiger partial charge in [-0.25, -0.2) is 0 Å². The highest BCUT2D eigenvalue weighted by molar-refractivity contribution is 14.0. The van der Waals surface area contributed by atoms with Crippen LogP contribution in [0.3, 0.4) is 0 Å². The molecule has 1 fully saturated rings. The standard InChI is InChI=1S/C19H27BrN4O3.HI/c1-3-21-19(24-11-7-14(8-12-24)18(26)27-2)23-10-9-22-17(25)15-5-4-6-16(20)13-15;/h4-6,13-14H,3,7-12H2,1-2H3,(H,21,23)(H,22,25);1H. The summed E-state index contributed by atoms with van der Waals surface area (Å²) in [6.45, 7) is 5.25. The maximum Gasteiger partial charge on any atom is 0.308 e. The highest BCUT2D eigenvalue weighted by atomic mass is 127. The van der Waals surface area contributed by atoms with E-state index in [1.165, 1.54) is 7.11 Å². The van der Waals surface area contributed by atoms with Gasteiger partial charge in [-0.05, 0) is 38.0 Å². The molecule has 1 aromatic carbocycles. The summed E-state index contributed by atoms with van der Waals surface area (Å²) in [4.78, 5) is 30.6. The minimum absolute atomic E-state index is 0. The number of hydrogen-bond donors (Lipinski definition) is 2. The van der Waals surface area contributed by atoms with Crippen molar-refractivity contribution in [2.75, 3.05) is 39.8 Å². The molecule has 0 radical (unpaired) electrons. The Morgan fingerprint density at radius 2 is 2.00 bits per heavy atom. The third kappa shape index (κ3) is 7.57. The number of guanidine groups is 1. The number of rotatable bonds is 6. The largest absolute Gasteiger partial charge is 0.469 e. The van der Waals surface area contributed by atoms with Crippen LogP contribution < -0.4 is 10.6 Å². The molecule has 1 amide bonds. The van der Waals surface area contributed by atoms with Crippen molar-refractivity contribution in [1.29, 1.82) is 0 Å². The number of methoxy groups -OCH3 is 1. The van der Waals surface area contributed by atoms with Crippen LogP contribution in [0.1, 0.15) is 30.1 Å². The zero-order valence-corrected chi connectivity index (χ0v) is 20.2. The molecule has 2 rings (SSSR count). The molecule has 2 N–H and O–H groups in total. The fraction of sp³-hybridized carbons (Fsp3) is 0.526. The normalized spacial score (nSPS) is 14.8. The first kappa shape index (κ1) is 24.7. The predicted molar refractivity (Wildman–Crippen MR) is 124 cm³/mol. The average Bonchev–Trinajstić information content (AvgIpc) is 2.69. The molecule has 1 aromatic rings. The van der Waals surface area contributed by atoms with Gasteiger partial charge in [0.1, 0.15) is 0 Å². The number of nitrogens with zero attached hydrogens (tertiary/aromatic N) is 2. The molecule has 0 unspecified atom stereocenters. The van der Waals surface area contributed by atoms with Crippen LogP contribution in [-0.2, 0) is 9.53 Å². The van der Waals surface area contributed by atoms with Gasteiger partial charge in [0.2, 0.25) is 0 Å². The van der Waals surface area contributed by atoms with Crippen LogP contribution in [0.5, 0.6) is 0 Å². The molecule has 7 nitrogen and oxygen atoms in total. The lowest BCUT2D eigenvalue weighted by Gasteiger charge is -2.33. The molecule has 1 aliphatic rings. The number of amides is 1. The van der Waals surface area contributed by atoms with Crippen LogP contribution in [0.2, 0.25) is 0 Å². The molecule has 1 aliphatic heterocycles. The summed E-state index contributed by atoms with van der Waals surface area (Å²) >= 11 is 3.37. The lowest BCUT2D eigenvalue weighted by molar-refractivity contribution is -0.146. The second-order valence-corrected chi connectivity index (χ2v) is 7.20. The first-order valence-electron chi connectivity index (χ1n) is 9.20. The molecule has 0 aliphatic carbocycles. The highest BCUT2D eigenvalue weighted by Crippen LogP contribution is 2.18. The van der Waals surface area contributed by atoms with Crippen molar-refractivity contribution in [2.24, 2.45) is 10.9 Å². The van der Waals surface area contributed by atoms with Gasteiger partial charge in [-0.3, -0.25) is 14.6 Å². The fourth-order valence-corrected chi connectivity index (χ4v) is 3.38. The van der Waals surface area contributed by atoms with E-state index in [2.05, 4.69) is 36.5 Å². The second-order valence-electron chi connectivity index (χ2n) is 6.29. The van der Waals surface area contributed by atoms with Gasteiger partial charge in [0.05, 0.1) is 19.6 Å². The first-order chi connectivity index (χ1) is 13.0. The van der Waals surface area contributed by atoms with E-state index < -0.39 is 0 Å². The smallest absolute Gasteiger partial charge is 0.308 e. The van der Waals surface area contributed by atoms with E-state index in [4.69, 9.17) is 4.74 Å². The summed E-state index contributed by atoms with van der Waals surface area (Å²) in [5, 5.41) is 6.16. The summed E-state index contributed by atoms with van der Waals surface area (Å²) in [6.07, 6.45) is 1.52. The maximum absolute atomic E-state index is 12.1. The molecule has 0 aromatic heterocycles. The number of carbonyl (C=O) groups is 2. The van der Waals surface area contributed by atoms with Crippen LogP contribution in [0.25, 0.3) is 0 Å². The molecular weight excluding hydrogens is 539 g/mol. The summed E-state index contributed by atoms with van der Waals surface area (Å²) in [5.41, 5.74) is 0.616. The summed E-state index contributed by atoms with van der Waals surface area (Å²) < 4.78 is 5.71. The van der Waals surface area contributed by atoms with E-state index in [9.17, 15) is 9.59 Å². The predicted octanol–water partition coefficient (Wildman–Crippen LogP) is 2.65. The van der Waals surface area contributed by atoms with Gasteiger partial charge >= 0.3 is 5.97 Å². The third-order valence-electron chi connectivity index (χ3n) is 4.41. The first-order valence-corrected chi connectivity index (χ1v) is 9.99. The SMILES string of the molecule is CCNC(=NCCNC(=O)c1cccc(Br)c1)N1CCC(C(=O)OC)CC1.I. The Labute approximate surface area is 191 Å². The highest BCUT2D eigenvalue weighted by Gasteiger charge is 2.26. The number of aliphatic imine (C=N–C) groups is 1. The number of hydrogen-bond acceptors (Lipinski definition) is 4. The van der Waals surface area contributed by atoms with Crippen molar-refractivity contribution >= 4 is 57.7 Å². The minimum atomic E-state index is -0.133. The Morgan fingerprint density at radius 3 is 2.61 bits per heavy atom. The molecular formula is C19H28BrIN4O3. The van der Waals surface area contributed by atoms with Crippen LogP contribution in [0, 0.1) is 5.92 Å². The molecule has 0 saturated carbocycles. The number of nitrogens with one attached hydrogen (secondary N) is 2. The maximum atomic E-state index is 12.1. The molecule has 1 heterocycles. The van der Waals surface area contributed by atoms with E-state index in [1.807, 2.05) is 19.1 Å². The van der Waals surface area contributed by atoms with E-state index in [-0.39, 0.29) is 41.8 Å². The Hall–Kier alpha value is -1.36. The monoisotopic (exact) mass is 566 g/mol. The van der Waals surface area contributed by atoms with Gasteiger partial charge < -0.3 is 20.3 Å². The van der Waals surface area contributed by atoms with Gasteiger partial charge in [0.25, 0.3) is 5.91 Å². The number of piperidine rings is 1. The molecule has 156 valence electrons. The summed E-state index contributed by atoms with van der Waals surface area (Å²) in [7, 11) is 1.43. The van der Waals surface area contributed by atoms with Gasteiger partial charge in [0, 0.05) is 36.2 Å². The van der Waals surface area contributed by atoms with E-state index in [0.29, 0.717) is 18.7 Å². The third-order valence-corrected chi connectivity index (χ3v) is 4.90. The summed E-state index contributed by atoms with van der Waals surface area (Å²) in [6, 6.07) is 7.28. The quantitative estimate of drug-likeness (QED) is 0.182. The van der Waals surface area contributed by atoms with E-state index >= 15 is 0 Å². The molecule has 9 heteroatoms. The van der Waals surface area contributed by atoms with Crippen molar-refractivity contribution < 1.29 is 14.3 Å². The molecule has 0 atom stereocenters. The molecule has 28 heavy (non-hydrogen) atoms. The Kier molecular flexibility index (Phi) is 11.4. The molecule has 1 saturated heterocycles. The lowest BCUT2D eigenvalue weighted by Crippen LogP contribution is -2.47. The summed E-state index contributed by atoms with van der Waals surface area (Å²) in [5.74, 6) is 0.540. The number of carbonyl (C=O) groups excluding carboxylic acids is 2. The number of likely N-dealkylation sites (tertiary alicyclic amines) is 1. The zero-order chi connectivity index (χ0) is 19.6. The number of esters is 1. The molecule has 0 bridgehead atoms. The van der Waals surface area contributed by atoms with E-state index in [0.717, 1.165) is 42.9 Å². The average molecular weight is 567 g/mol. The second kappa shape index (κ2) is 13.0. The fourth-order valence-electron chi connectivity index (χ4n) is 2.98. The van der Waals surface area contributed by atoms with Crippen molar-refractivity contribution in [3.05, 3.63) is 34.3 Å².